The molecular weight excluding hydrogens is 395 g/mol. The van der Waals surface area contributed by atoms with Gasteiger partial charge < -0.3 is 5.32 Å². The molecule has 142 valence electrons. The Balaban J connectivity index is 1.97. The van der Waals surface area contributed by atoms with E-state index in [1.807, 2.05) is 0 Å². The molecule has 0 bridgehead atoms. The molecule has 4 nitrogen and oxygen atoms in total. The van der Waals surface area contributed by atoms with Gasteiger partial charge in [0.2, 0.25) is 0 Å². The number of halogens is 3. The number of hydrogen-bond donors (Lipinski definition) is 2. The molecule has 1 atom stereocenters. The van der Waals surface area contributed by atoms with E-state index in [0.29, 0.717) is 15.5 Å². The van der Waals surface area contributed by atoms with Gasteiger partial charge in [0, 0.05) is 0 Å². The molecule has 0 fully saturated rings. The number of aryl methyl sites for hydroxylation is 3. The van der Waals surface area contributed by atoms with Crippen molar-refractivity contribution >= 4 is 39.4 Å². The summed E-state index contributed by atoms with van der Waals surface area (Å²) in [7, 11) is -1.73. The van der Waals surface area contributed by atoms with Crippen molar-refractivity contribution in [2.75, 3.05) is 10.0 Å². The monoisotopic (exact) mass is 411 g/mol. The smallest absolute Gasteiger partial charge is 0.184 e. The van der Waals surface area contributed by atoms with Gasteiger partial charge in [0.05, 0.1) is 22.1 Å². The molecule has 3 aromatic rings. The standard InChI is InChI=1S/C18H16F3N3OS2/c1-9-4-6-14(13(20)8-9)23-17-15(7-5-12(19)16(17)21)24-27(25)18-10(2)22-11(3)26-18/h4-8,23-24H,1-3H3. The van der Waals surface area contributed by atoms with Crippen LogP contribution in [0.2, 0.25) is 0 Å². The minimum absolute atomic E-state index is 0.0243. The highest BCUT2D eigenvalue weighted by Crippen LogP contribution is 2.33. The molecule has 2 aromatic carbocycles. The highest BCUT2D eigenvalue weighted by Gasteiger charge is 2.19. The molecule has 0 saturated heterocycles. The van der Waals surface area contributed by atoms with Crippen molar-refractivity contribution in [3.63, 3.8) is 0 Å². The highest BCUT2D eigenvalue weighted by molar-refractivity contribution is 7.88. The average Bonchev–Trinajstić information content (AvgIpc) is 2.94. The zero-order chi connectivity index (χ0) is 19.7. The summed E-state index contributed by atoms with van der Waals surface area (Å²) < 4.78 is 58.0. The number of aromatic nitrogens is 1. The minimum atomic E-state index is -1.73. The quantitative estimate of drug-likeness (QED) is 0.594. The molecule has 0 saturated carbocycles. The summed E-state index contributed by atoms with van der Waals surface area (Å²) in [5.41, 5.74) is 0.963. The van der Waals surface area contributed by atoms with Crippen LogP contribution in [0, 0.1) is 38.2 Å². The number of hydrogen-bond acceptors (Lipinski definition) is 4. The van der Waals surface area contributed by atoms with Crippen LogP contribution < -0.4 is 10.0 Å². The van der Waals surface area contributed by atoms with Crippen molar-refractivity contribution in [1.29, 1.82) is 0 Å². The molecule has 9 heteroatoms. The number of nitrogens with zero attached hydrogens (tertiary/aromatic N) is 1. The zero-order valence-corrected chi connectivity index (χ0v) is 16.3. The number of nitrogens with one attached hydrogen (secondary N) is 2. The van der Waals surface area contributed by atoms with Gasteiger partial charge in [-0.05, 0) is 50.6 Å². The summed E-state index contributed by atoms with van der Waals surface area (Å²) in [4.78, 5) is 4.20. The lowest BCUT2D eigenvalue weighted by molar-refractivity contribution is 0.512. The first-order valence-corrected chi connectivity index (χ1v) is 9.86. The first-order chi connectivity index (χ1) is 12.8. The lowest BCUT2D eigenvalue weighted by Crippen LogP contribution is -2.09. The SMILES string of the molecule is Cc1ccc(Nc2c(NS(=O)c3sc(C)nc3C)ccc(F)c2F)c(F)c1. The van der Waals surface area contributed by atoms with Gasteiger partial charge in [-0.1, -0.05) is 6.07 Å². The van der Waals surface area contributed by atoms with Gasteiger partial charge in [-0.3, -0.25) is 4.72 Å². The molecule has 0 aliphatic heterocycles. The molecule has 1 unspecified atom stereocenters. The van der Waals surface area contributed by atoms with Crippen molar-refractivity contribution in [3.05, 3.63) is 64.0 Å². The molecule has 0 aliphatic rings. The van der Waals surface area contributed by atoms with Crippen LogP contribution in [0.4, 0.5) is 30.2 Å². The number of rotatable bonds is 5. The minimum Gasteiger partial charge on any atom is -0.349 e. The largest absolute Gasteiger partial charge is 0.349 e. The molecule has 3 rings (SSSR count). The van der Waals surface area contributed by atoms with Crippen LogP contribution in [0.5, 0.6) is 0 Å². The van der Waals surface area contributed by atoms with Gasteiger partial charge in [-0.25, -0.2) is 22.4 Å². The Morgan fingerprint density at radius 3 is 2.33 bits per heavy atom. The van der Waals surface area contributed by atoms with Crippen LogP contribution in [0.15, 0.2) is 34.5 Å². The van der Waals surface area contributed by atoms with Crippen molar-refractivity contribution in [1.82, 2.24) is 4.98 Å². The Labute approximate surface area is 161 Å². The van der Waals surface area contributed by atoms with Crippen LogP contribution in [0.25, 0.3) is 0 Å². The first-order valence-electron chi connectivity index (χ1n) is 7.90. The summed E-state index contributed by atoms with van der Waals surface area (Å²) >= 11 is 1.24. The number of thiazole rings is 1. The highest BCUT2D eigenvalue weighted by atomic mass is 32.2. The number of benzene rings is 2. The molecule has 27 heavy (non-hydrogen) atoms. The Morgan fingerprint density at radius 2 is 1.70 bits per heavy atom. The first kappa shape index (κ1) is 19.4. The molecule has 1 heterocycles. The van der Waals surface area contributed by atoms with E-state index in [4.69, 9.17) is 0 Å². The normalized spacial score (nSPS) is 12.1. The Hall–Kier alpha value is -2.39. The summed E-state index contributed by atoms with van der Waals surface area (Å²) in [6, 6.07) is 6.49. The fourth-order valence-corrected chi connectivity index (χ4v) is 4.66. The van der Waals surface area contributed by atoms with Crippen molar-refractivity contribution in [2.45, 2.75) is 25.0 Å². The van der Waals surface area contributed by atoms with Crippen LogP contribution >= 0.6 is 11.3 Å². The summed E-state index contributed by atoms with van der Waals surface area (Å²) in [5.74, 6) is -2.92. The van der Waals surface area contributed by atoms with E-state index >= 15 is 0 Å². The molecule has 0 amide bonds. The van der Waals surface area contributed by atoms with E-state index in [1.165, 1.54) is 29.5 Å². The van der Waals surface area contributed by atoms with Crippen LogP contribution in [0.3, 0.4) is 0 Å². The summed E-state index contributed by atoms with van der Waals surface area (Å²) in [6.07, 6.45) is 0. The predicted octanol–water partition coefficient (Wildman–Crippen LogP) is 5.36. The van der Waals surface area contributed by atoms with Gasteiger partial charge in [0.15, 0.2) is 22.6 Å². The average molecular weight is 411 g/mol. The Kier molecular flexibility index (Phi) is 5.52. The second-order valence-corrected chi connectivity index (χ2v) is 8.48. The second-order valence-electron chi connectivity index (χ2n) is 5.87. The Morgan fingerprint density at radius 1 is 1.00 bits per heavy atom. The third kappa shape index (κ3) is 4.14. The maximum atomic E-state index is 14.4. The van der Waals surface area contributed by atoms with E-state index in [2.05, 4.69) is 15.0 Å². The maximum Gasteiger partial charge on any atom is 0.184 e. The van der Waals surface area contributed by atoms with Crippen LogP contribution in [-0.2, 0) is 11.0 Å². The van der Waals surface area contributed by atoms with Gasteiger partial charge in [0.25, 0.3) is 0 Å². The summed E-state index contributed by atoms with van der Waals surface area (Å²) in [5, 5.41) is 3.29. The fourth-order valence-electron chi connectivity index (χ4n) is 2.44. The Bertz CT molecular complexity index is 1040. The van der Waals surface area contributed by atoms with Crippen LogP contribution in [-0.4, -0.2) is 9.19 Å². The second kappa shape index (κ2) is 7.69. The van der Waals surface area contributed by atoms with Gasteiger partial charge >= 0.3 is 0 Å². The van der Waals surface area contributed by atoms with Crippen molar-refractivity contribution < 1.29 is 17.4 Å². The third-order valence-corrected chi connectivity index (χ3v) is 6.32. The number of anilines is 3. The van der Waals surface area contributed by atoms with Gasteiger partial charge in [-0.2, -0.15) is 0 Å². The molecular formula is C18H16F3N3OS2. The lowest BCUT2D eigenvalue weighted by Gasteiger charge is -2.15. The van der Waals surface area contributed by atoms with E-state index in [9.17, 15) is 17.4 Å². The molecule has 2 N–H and O–H groups in total. The van der Waals surface area contributed by atoms with Crippen molar-refractivity contribution in [3.8, 4) is 0 Å². The van der Waals surface area contributed by atoms with E-state index < -0.39 is 28.4 Å². The molecule has 0 radical (unpaired) electrons. The predicted molar refractivity (Wildman–Crippen MR) is 102 cm³/mol. The van der Waals surface area contributed by atoms with Gasteiger partial charge in [-0.15, -0.1) is 11.3 Å². The topological polar surface area (TPSA) is 54.0 Å². The van der Waals surface area contributed by atoms with E-state index in [0.717, 1.165) is 11.1 Å². The third-order valence-electron chi connectivity index (χ3n) is 3.71. The van der Waals surface area contributed by atoms with Crippen molar-refractivity contribution in [2.24, 2.45) is 0 Å². The fraction of sp³-hybridized carbons (Fsp3) is 0.167. The lowest BCUT2D eigenvalue weighted by atomic mass is 10.2. The van der Waals surface area contributed by atoms with E-state index in [-0.39, 0.29) is 17.1 Å². The van der Waals surface area contributed by atoms with E-state index in [1.54, 1.807) is 26.8 Å². The summed E-state index contributed by atoms with van der Waals surface area (Å²) in [6.45, 7) is 5.21. The molecule has 1 aromatic heterocycles. The zero-order valence-electron chi connectivity index (χ0n) is 14.7. The van der Waals surface area contributed by atoms with Gasteiger partial charge in [0.1, 0.15) is 15.7 Å². The molecule has 0 aliphatic carbocycles. The van der Waals surface area contributed by atoms with Crippen LogP contribution in [0.1, 0.15) is 16.3 Å². The molecule has 0 spiro atoms. The maximum absolute atomic E-state index is 14.4.